The number of nitrogens with zero attached hydrogens (tertiary/aromatic N) is 2. The lowest BCUT2D eigenvalue weighted by molar-refractivity contribution is -0.131. The van der Waals surface area contributed by atoms with Crippen LogP contribution in [0.25, 0.3) is 0 Å². The fourth-order valence-corrected chi connectivity index (χ4v) is 2.72. The second-order valence-corrected chi connectivity index (χ2v) is 7.00. The second kappa shape index (κ2) is 7.18. The van der Waals surface area contributed by atoms with Crippen LogP contribution >= 0.6 is 0 Å². The number of carbonyl (C=O) groups excluding carboxylic acids is 1. The van der Waals surface area contributed by atoms with Gasteiger partial charge in [-0.3, -0.25) is 4.79 Å². The zero-order valence-corrected chi connectivity index (χ0v) is 12.7. The highest BCUT2D eigenvalue weighted by atomic mass is 32.2. The van der Waals surface area contributed by atoms with E-state index < -0.39 is 10.2 Å². The lowest BCUT2D eigenvalue weighted by Gasteiger charge is -2.29. The van der Waals surface area contributed by atoms with Crippen molar-refractivity contribution in [3.63, 3.8) is 0 Å². The molecule has 0 radical (unpaired) electrons. The van der Waals surface area contributed by atoms with E-state index in [0.717, 1.165) is 17.4 Å². The molecule has 0 saturated carbocycles. The maximum absolute atomic E-state index is 12.0. The summed E-state index contributed by atoms with van der Waals surface area (Å²) in [6.07, 6.45) is 0. The molecule has 1 aliphatic heterocycles. The molecule has 1 saturated heterocycles. The summed E-state index contributed by atoms with van der Waals surface area (Å²) in [5, 5.41) is 3.15. The summed E-state index contributed by atoms with van der Waals surface area (Å²) in [4.78, 5) is 13.6. The van der Waals surface area contributed by atoms with Crippen LogP contribution in [0.3, 0.4) is 0 Å². The van der Waals surface area contributed by atoms with Gasteiger partial charge in [0.05, 0.1) is 6.54 Å². The molecule has 0 spiro atoms. The first-order chi connectivity index (χ1) is 8.83. The standard InChI is InChI=1S/C11H24N4O3S/c1-10(2)8-13-19(17,18)14(3)9-11(16)15-6-4-12-5-7-15/h10,12-13H,4-9H2,1-3H3. The summed E-state index contributed by atoms with van der Waals surface area (Å²) >= 11 is 0. The van der Waals surface area contributed by atoms with Crippen LogP contribution < -0.4 is 10.0 Å². The van der Waals surface area contributed by atoms with Crippen LogP contribution in [0.15, 0.2) is 0 Å². The normalized spacial score (nSPS) is 17.2. The fraction of sp³-hybridized carbons (Fsp3) is 0.909. The van der Waals surface area contributed by atoms with Crippen LogP contribution in [-0.2, 0) is 15.0 Å². The van der Waals surface area contributed by atoms with Crippen LogP contribution in [0.2, 0.25) is 0 Å². The molecule has 19 heavy (non-hydrogen) atoms. The molecule has 0 aliphatic carbocycles. The predicted octanol–water partition coefficient (Wildman–Crippen LogP) is -1.16. The molecule has 1 aliphatic rings. The number of nitrogens with one attached hydrogen (secondary N) is 2. The smallest absolute Gasteiger partial charge is 0.279 e. The van der Waals surface area contributed by atoms with Crippen LogP contribution in [0, 0.1) is 5.92 Å². The van der Waals surface area contributed by atoms with Crippen LogP contribution in [0.5, 0.6) is 0 Å². The topological polar surface area (TPSA) is 81.8 Å². The number of amides is 1. The third kappa shape index (κ3) is 5.43. The van der Waals surface area contributed by atoms with Crippen molar-refractivity contribution in [1.29, 1.82) is 0 Å². The van der Waals surface area contributed by atoms with Crippen molar-refractivity contribution >= 4 is 16.1 Å². The summed E-state index contributed by atoms with van der Waals surface area (Å²) in [6, 6.07) is 0. The molecule has 1 heterocycles. The minimum absolute atomic E-state index is 0.118. The molecule has 0 aromatic rings. The van der Waals surface area contributed by atoms with Crippen molar-refractivity contribution in [2.45, 2.75) is 13.8 Å². The summed E-state index contributed by atoms with van der Waals surface area (Å²) in [5.41, 5.74) is 0. The van der Waals surface area contributed by atoms with Crippen molar-refractivity contribution in [2.75, 3.05) is 46.3 Å². The van der Waals surface area contributed by atoms with E-state index in [-0.39, 0.29) is 18.4 Å². The SMILES string of the molecule is CC(C)CNS(=O)(=O)N(C)CC(=O)N1CCNCC1. The lowest BCUT2D eigenvalue weighted by Crippen LogP contribution is -2.51. The van der Waals surface area contributed by atoms with Gasteiger partial charge < -0.3 is 10.2 Å². The first-order valence-electron chi connectivity index (χ1n) is 6.52. The zero-order valence-electron chi connectivity index (χ0n) is 11.8. The van der Waals surface area contributed by atoms with Crippen molar-refractivity contribution in [3.8, 4) is 0 Å². The van der Waals surface area contributed by atoms with Crippen LogP contribution in [0.1, 0.15) is 13.8 Å². The van der Waals surface area contributed by atoms with Gasteiger partial charge >= 0.3 is 0 Å². The molecule has 0 aromatic heterocycles. The van der Waals surface area contributed by atoms with Crippen molar-refractivity contribution in [2.24, 2.45) is 5.92 Å². The van der Waals surface area contributed by atoms with E-state index in [1.807, 2.05) is 13.8 Å². The monoisotopic (exact) mass is 292 g/mol. The summed E-state index contributed by atoms with van der Waals surface area (Å²) in [7, 11) is -2.15. The molecular formula is C11H24N4O3S. The molecule has 112 valence electrons. The molecule has 8 heteroatoms. The third-order valence-corrected chi connectivity index (χ3v) is 4.39. The second-order valence-electron chi connectivity index (χ2n) is 5.13. The highest BCUT2D eigenvalue weighted by Gasteiger charge is 2.23. The number of hydrogen-bond acceptors (Lipinski definition) is 4. The Morgan fingerprint density at radius 2 is 1.95 bits per heavy atom. The molecule has 0 unspecified atom stereocenters. The van der Waals surface area contributed by atoms with Crippen LogP contribution in [-0.4, -0.2) is 69.8 Å². The number of piperazine rings is 1. The number of hydrogen-bond donors (Lipinski definition) is 2. The quantitative estimate of drug-likeness (QED) is 0.647. The summed E-state index contributed by atoms with van der Waals surface area (Å²) < 4.78 is 27.3. The molecule has 2 N–H and O–H groups in total. The highest BCUT2D eigenvalue weighted by molar-refractivity contribution is 7.87. The predicted molar refractivity (Wildman–Crippen MR) is 73.8 cm³/mol. The molecule has 1 rings (SSSR count). The molecule has 0 atom stereocenters. The Morgan fingerprint density at radius 3 is 2.47 bits per heavy atom. The number of carbonyl (C=O) groups is 1. The average Bonchev–Trinajstić information content (AvgIpc) is 2.37. The van der Waals surface area contributed by atoms with E-state index in [0.29, 0.717) is 19.6 Å². The molecular weight excluding hydrogens is 268 g/mol. The lowest BCUT2D eigenvalue weighted by atomic mass is 10.2. The Kier molecular flexibility index (Phi) is 6.18. The van der Waals surface area contributed by atoms with Gasteiger partial charge in [-0.2, -0.15) is 12.7 Å². The Bertz CT molecular complexity index is 391. The Morgan fingerprint density at radius 1 is 1.37 bits per heavy atom. The van der Waals surface area contributed by atoms with Crippen molar-refractivity contribution < 1.29 is 13.2 Å². The van der Waals surface area contributed by atoms with E-state index in [4.69, 9.17) is 0 Å². The minimum atomic E-state index is -3.57. The van der Waals surface area contributed by atoms with Crippen LogP contribution in [0.4, 0.5) is 0 Å². The van der Waals surface area contributed by atoms with Gasteiger partial charge in [-0.25, -0.2) is 4.72 Å². The van der Waals surface area contributed by atoms with Gasteiger partial charge in [0, 0.05) is 39.8 Å². The van der Waals surface area contributed by atoms with E-state index in [9.17, 15) is 13.2 Å². The maximum atomic E-state index is 12.0. The van der Waals surface area contributed by atoms with Gasteiger partial charge in [0.2, 0.25) is 5.91 Å². The maximum Gasteiger partial charge on any atom is 0.279 e. The van der Waals surface area contributed by atoms with Gasteiger partial charge in [-0.15, -0.1) is 0 Å². The Labute approximate surface area is 115 Å². The van der Waals surface area contributed by atoms with Gasteiger partial charge in [-0.05, 0) is 5.92 Å². The Hall–Kier alpha value is -0.700. The first kappa shape index (κ1) is 16.4. The number of likely N-dealkylation sites (N-methyl/N-ethyl adjacent to an activating group) is 1. The Balaban J connectivity index is 2.48. The largest absolute Gasteiger partial charge is 0.339 e. The molecule has 7 nitrogen and oxygen atoms in total. The van der Waals surface area contributed by atoms with E-state index in [1.165, 1.54) is 7.05 Å². The third-order valence-electron chi connectivity index (χ3n) is 2.91. The van der Waals surface area contributed by atoms with E-state index >= 15 is 0 Å². The molecule has 0 aromatic carbocycles. The van der Waals surface area contributed by atoms with Gasteiger partial charge in [-0.1, -0.05) is 13.8 Å². The highest BCUT2D eigenvalue weighted by Crippen LogP contribution is 2.00. The van der Waals surface area contributed by atoms with Crippen molar-refractivity contribution in [1.82, 2.24) is 19.2 Å². The van der Waals surface area contributed by atoms with Gasteiger partial charge in [0.25, 0.3) is 10.2 Å². The fourth-order valence-electron chi connectivity index (χ4n) is 1.67. The molecule has 1 fully saturated rings. The van der Waals surface area contributed by atoms with Crippen molar-refractivity contribution in [3.05, 3.63) is 0 Å². The molecule has 0 bridgehead atoms. The van der Waals surface area contributed by atoms with E-state index in [2.05, 4.69) is 10.0 Å². The minimum Gasteiger partial charge on any atom is -0.339 e. The first-order valence-corrected chi connectivity index (χ1v) is 7.96. The van der Waals surface area contributed by atoms with E-state index in [1.54, 1.807) is 4.90 Å². The number of rotatable bonds is 6. The molecule has 1 amide bonds. The zero-order chi connectivity index (χ0) is 14.5. The van der Waals surface area contributed by atoms with Gasteiger partial charge in [0.15, 0.2) is 0 Å². The average molecular weight is 292 g/mol. The van der Waals surface area contributed by atoms with Gasteiger partial charge in [0.1, 0.15) is 0 Å². The summed E-state index contributed by atoms with van der Waals surface area (Å²) in [5.74, 6) is 0.0750. The summed E-state index contributed by atoms with van der Waals surface area (Å²) in [6.45, 7) is 6.88.